The van der Waals surface area contributed by atoms with E-state index in [1.807, 2.05) is 74.4 Å². The number of fused-ring (bicyclic) bond motifs is 2. The number of hydrogen-bond acceptors (Lipinski definition) is 25. The summed E-state index contributed by atoms with van der Waals surface area (Å²) < 4.78 is 45.7. The van der Waals surface area contributed by atoms with Crippen LogP contribution >= 0.6 is 34.3 Å². The van der Waals surface area contributed by atoms with Crippen molar-refractivity contribution in [2.45, 2.75) is 220 Å². The van der Waals surface area contributed by atoms with Gasteiger partial charge in [-0.25, -0.2) is 39.1 Å². The molecule has 0 bridgehead atoms. The summed E-state index contributed by atoms with van der Waals surface area (Å²) >= 11 is 7.66. The zero-order valence-corrected chi connectivity index (χ0v) is 71.7. The van der Waals surface area contributed by atoms with Gasteiger partial charge < -0.3 is 80.0 Å². The first kappa shape index (κ1) is 89.1. The van der Waals surface area contributed by atoms with Crippen molar-refractivity contribution in [1.29, 1.82) is 0 Å². The SMILES string of the molecule is C=C[C@@H]1C[C@]1(NC(=O)[C@@H]1C[C@@H](Oc2cc(-c3csc(N)n3)nc3cc(OC)ccc23)CN1C(=O)[C@@H](NC(=O)OC1CCCC1)C(C)(C)C)C(=O)OC.C=C[C@@H]1C[C@]1(NC(=O)[C@@H]1C[C@@H](Oc2cc(-c3csc(NC(=O)C(C)(C)C)n3)nc3cc(OC)ccc23)CN1C(=O)[C@@H](NC(=O)OC1CCCC1)C(C)(C)C)C(=O)OC.CC(C)(C)C(=O)Cl. The van der Waals surface area contributed by atoms with Gasteiger partial charge in [-0.1, -0.05) is 95.2 Å². The number of anilines is 2. The highest BCUT2D eigenvalue weighted by Gasteiger charge is 2.63. The Morgan fingerprint density at radius 2 is 0.940 bits per heavy atom. The number of carbonyl (C=O) groups is 10. The summed E-state index contributed by atoms with van der Waals surface area (Å²) in [6, 6.07) is 10.0. The number of carbonyl (C=O) groups excluding carboxylic acids is 10. The van der Waals surface area contributed by atoms with Gasteiger partial charge in [0, 0.05) is 81.3 Å². The lowest BCUT2D eigenvalue weighted by Crippen LogP contribution is -2.59. The smallest absolute Gasteiger partial charge is 0.408 e. The summed E-state index contributed by atoms with van der Waals surface area (Å²) in [4.78, 5) is 154. The molecule has 2 aromatic carbocycles. The van der Waals surface area contributed by atoms with Crippen LogP contribution in [0.5, 0.6) is 23.0 Å². The number of pyridine rings is 2. The van der Waals surface area contributed by atoms with Crippen LogP contribution in [0.1, 0.15) is 160 Å². The van der Waals surface area contributed by atoms with Crippen LogP contribution in [0.3, 0.4) is 0 Å². The van der Waals surface area contributed by atoms with Gasteiger partial charge in [-0.15, -0.1) is 35.8 Å². The number of esters is 2. The molecule has 33 heteroatoms. The molecule has 2 aliphatic heterocycles. The van der Waals surface area contributed by atoms with Gasteiger partial charge in [-0.05, 0) is 111 Å². The van der Waals surface area contributed by atoms with Crippen LogP contribution in [0.4, 0.5) is 19.9 Å². The van der Waals surface area contributed by atoms with Crippen molar-refractivity contribution >= 4 is 125 Å². The molecule has 2 saturated heterocycles. The number of aromatic nitrogens is 4. The number of nitrogens with two attached hydrogens (primary N) is 1. The van der Waals surface area contributed by atoms with Gasteiger partial charge in [0.15, 0.2) is 10.3 Å². The number of rotatable bonds is 23. The Morgan fingerprint density at radius 3 is 1.27 bits per heavy atom. The van der Waals surface area contributed by atoms with Crippen molar-refractivity contribution in [3.63, 3.8) is 0 Å². The number of hydrogen-bond donors (Lipinski definition) is 6. The Hall–Kier alpha value is -10.2. The molecule has 4 saturated carbocycles. The summed E-state index contributed by atoms with van der Waals surface area (Å²) in [7, 11) is 5.64. The third-order valence-corrected chi connectivity index (χ3v) is 23.6. The van der Waals surface area contributed by atoms with E-state index in [4.69, 9.17) is 65.2 Å². The standard InChI is InChI=1S/C42H54N6O9S.C37H46N6O8S.C5H9ClO/c1-10-23-20-42(23,37(52)55-9)47-34(49)31-18-26(21-48(31)35(50)33(40(2,3)4)45-39(53)57-24-13-11-12-14-24)56-32-19-29(43-28-17-25(54-8)15-16-27(28)32)30-22-58-38(44-30)46-36(51)41(5,6)7;1-7-20-17-37(20,33(46)49-6)42-31(44)28-15-23(18-43(28)32(45)30(36(2,3)4)41-35(47)51-21-10-8-9-11-21)50-29-16-26(27-19-52-34(38)40-27)39-25-14-22(48-5)12-13-24(25)29;1-5(2,3)4(6)7/h10,15-17,19,22-24,26,31,33H,1,11-14,18,20-21H2,2-9H3,(H,45,53)(H,47,49)(H,44,46,51);7,12-14,16,19-21,23,28,30H,1,8-11,15,17-18H2,2-6H3,(H2,38,40)(H,41,47)(H,42,44);1-3H3/t23-,26-,31+,33-,42-;20-,23-,28+,30-,37-;/m11./s1. The Morgan fingerprint density at radius 1 is 0.547 bits per heavy atom. The maximum atomic E-state index is 14.7. The summed E-state index contributed by atoms with van der Waals surface area (Å²) in [5.74, 6) is -2.09. The summed E-state index contributed by atoms with van der Waals surface area (Å²) in [6.45, 7) is 29.4. The molecule has 632 valence electrons. The predicted octanol–water partition coefficient (Wildman–Crippen LogP) is 12.4. The van der Waals surface area contributed by atoms with Gasteiger partial charge in [-0.3, -0.25) is 28.8 Å². The monoisotopic (exact) mass is 1670 g/mol. The largest absolute Gasteiger partial charge is 0.497 e. The minimum Gasteiger partial charge on any atom is -0.497 e. The van der Waals surface area contributed by atoms with Crippen LogP contribution in [0.25, 0.3) is 44.6 Å². The number of halogens is 1. The molecule has 117 heavy (non-hydrogen) atoms. The first-order valence-electron chi connectivity index (χ1n) is 39.2. The fourth-order valence-corrected chi connectivity index (χ4v) is 15.8. The lowest BCUT2D eigenvalue weighted by atomic mass is 9.85. The second-order valence-corrected chi connectivity index (χ2v) is 36.7. The minimum absolute atomic E-state index is 0.0118. The summed E-state index contributed by atoms with van der Waals surface area (Å²) in [5.41, 5.74) is 4.00. The van der Waals surface area contributed by atoms with E-state index in [-0.39, 0.29) is 66.5 Å². The highest BCUT2D eigenvalue weighted by Crippen LogP contribution is 2.48. The Bertz CT molecular complexity index is 4740. The zero-order valence-electron chi connectivity index (χ0n) is 69.3. The Balaban J connectivity index is 0.000000229. The average Bonchev–Trinajstić information content (AvgIpc) is 1.58. The molecule has 7 N–H and O–H groups in total. The molecule has 0 unspecified atom stereocenters. The molecule has 4 aliphatic carbocycles. The molecule has 6 fully saturated rings. The van der Waals surface area contributed by atoms with E-state index in [1.165, 1.54) is 46.7 Å². The number of amides is 7. The van der Waals surface area contributed by atoms with Crippen molar-refractivity contribution in [2.24, 2.45) is 33.5 Å². The van der Waals surface area contributed by atoms with E-state index >= 15 is 0 Å². The number of nitrogen functional groups attached to an aromatic ring is 1. The number of thiazole rings is 2. The lowest BCUT2D eigenvalue weighted by molar-refractivity contribution is -0.149. The Kier molecular flexibility index (Phi) is 27.7. The molecule has 30 nitrogen and oxygen atoms in total. The molecule has 0 radical (unpaired) electrons. The highest BCUT2D eigenvalue weighted by atomic mass is 35.5. The number of nitrogens with one attached hydrogen (secondary N) is 5. The second-order valence-electron chi connectivity index (χ2n) is 34.6. The molecular formula is C84H109ClN12O18S2. The van der Waals surface area contributed by atoms with Gasteiger partial charge in [0.1, 0.15) is 94.0 Å². The minimum atomic E-state index is -1.30. The number of nitrogens with zero attached hydrogens (tertiary/aromatic N) is 6. The van der Waals surface area contributed by atoms with Gasteiger partial charge in [0.2, 0.25) is 34.8 Å². The molecular weight excluding hydrogens is 1560 g/mol. The van der Waals surface area contributed by atoms with Gasteiger partial charge in [-0.2, -0.15) is 0 Å². The number of ether oxygens (including phenoxy) is 8. The maximum Gasteiger partial charge on any atom is 0.408 e. The van der Waals surface area contributed by atoms with E-state index in [2.05, 4.69) is 49.7 Å². The van der Waals surface area contributed by atoms with Crippen LogP contribution in [0.15, 0.2) is 84.6 Å². The normalized spacial score (nSPS) is 22.3. The van der Waals surface area contributed by atoms with E-state index in [1.54, 1.807) is 94.3 Å². The van der Waals surface area contributed by atoms with Crippen molar-refractivity contribution in [3.8, 4) is 45.8 Å². The predicted molar refractivity (Wildman–Crippen MR) is 443 cm³/mol. The molecule has 4 aromatic heterocycles. The topological polar surface area (TPSA) is 389 Å². The zero-order chi connectivity index (χ0) is 85.6. The lowest BCUT2D eigenvalue weighted by Gasteiger charge is -2.35. The first-order chi connectivity index (χ1) is 55.1. The highest BCUT2D eigenvalue weighted by molar-refractivity contribution is 7.14. The van der Waals surface area contributed by atoms with Gasteiger partial charge in [0.05, 0.1) is 63.9 Å². The third kappa shape index (κ3) is 21.2. The van der Waals surface area contributed by atoms with Crippen LogP contribution in [0, 0.1) is 33.5 Å². The first-order valence-corrected chi connectivity index (χ1v) is 41.3. The van der Waals surface area contributed by atoms with Crippen molar-refractivity contribution < 1.29 is 85.8 Å². The number of methoxy groups -OCH3 is 4. The summed E-state index contributed by atoms with van der Waals surface area (Å²) in [6.07, 6.45) is 7.76. The molecule has 7 amide bonds. The van der Waals surface area contributed by atoms with Crippen LogP contribution in [-0.2, 0) is 57.3 Å². The number of alkyl carbamates (subject to hydrolysis) is 2. The Labute approximate surface area is 694 Å². The molecule has 6 aromatic rings. The second kappa shape index (κ2) is 36.3. The van der Waals surface area contributed by atoms with Crippen molar-refractivity contribution in [1.82, 2.24) is 51.0 Å². The van der Waals surface area contributed by atoms with Crippen LogP contribution in [0.2, 0.25) is 0 Å². The number of benzene rings is 2. The molecule has 6 aliphatic rings. The van der Waals surface area contributed by atoms with Crippen molar-refractivity contribution in [3.05, 3.63) is 84.6 Å². The van der Waals surface area contributed by atoms with Crippen molar-refractivity contribution in [2.75, 3.05) is 52.6 Å². The fourth-order valence-electron chi connectivity index (χ4n) is 14.5. The van der Waals surface area contributed by atoms with Crippen LogP contribution in [-0.4, -0.2) is 190 Å². The van der Waals surface area contributed by atoms with Gasteiger partial charge >= 0.3 is 24.1 Å². The molecule has 6 heterocycles. The van der Waals surface area contributed by atoms with Crippen LogP contribution < -0.4 is 51.3 Å². The summed E-state index contributed by atoms with van der Waals surface area (Å²) in [5, 5.41) is 19.7. The number of likely N-dealkylation sites (tertiary alicyclic amines) is 2. The quantitative estimate of drug-likeness (QED) is 0.0150. The van der Waals surface area contributed by atoms with Gasteiger partial charge in [0.25, 0.3) is 0 Å². The fraction of sp³-hybridized carbons (Fsp3) is 0.548. The van der Waals surface area contributed by atoms with E-state index in [9.17, 15) is 47.9 Å². The molecule has 10 atom stereocenters. The van der Waals surface area contributed by atoms with E-state index in [0.717, 1.165) is 51.4 Å². The molecule has 12 rings (SSSR count). The third-order valence-electron chi connectivity index (χ3n) is 21.6. The van der Waals surface area contributed by atoms with E-state index < -0.39 is 111 Å². The average molecular weight is 1670 g/mol. The maximum absolute atomic E-state index is 14.7. The van der Waals surface area contributed by atoms with E-state index in [0.29, 0.717) is 90.7 Å². The molecule has 0 spiro atoms.